The molecular formula is C13H18F4O5S. The molecule has 0 amide bonds. The Kier molecular flexibility index (Phi) is 6.43. The van der Waals surface area contributed by atoms with Gasteiger partial charge in [-0.05, 0) is 25.3 Å². The quantitative estimate of drug-likeness (QED) is 0.229. The van der Waals surface area contributed by atoms with E-state index in [0.29, 0.717) is 6.42 Å². The van der Waals surface area contributed by atoms with Crippen molar-refractivity contribution >= 4 is 16.1 Å². The Morgan fingerprint density at radius 1 is 1.39 bits per heavy atom. The summed E-state index contributed by atoms with van der Waals surface area (Å²) in [4.78, 5) is 11.9. The van der Waals surface area contributed by atoms with Crippen LogP contribution in [0.3, 0.4) is 0 Å². The molecule has 1 unspecified atom stereocenters. The molecule has 1 aliphatic rings. The predicted molar refractivity (Wildman–Crippen MR) is 72.3 cm³/mol. The van der Waals surface area contributed by atoms with E-state index < -0.39 is 39.4 Å². The maximum atomic E-state index is 13.3. The van der Waals surface area contributed by atoms with Crippen LogP contribution in [0.1, 0.15) is 39.0 Å². The summed E-state index contributed by atoms with van der Waals surface area (Å²) in [6, 6.07) is 0. The van der Waals surface area contributed by atoms with Crippen LogP contribution in [0, 0.1) is 5.41 Å². The largest absolute Gasteiger partial charge is 0.534 e. The molecule has 10 heteroatoms. The lowest BCUT2D eigenvalue weighted by atomic mass is 9.77. The van der Waals surface area contributed by atoms with Crippen molar-refractivity contribution in [3.63, 3.8) is 0 Å². The zero-order valence-electron chi connectivity index (χ0n) is 12.5. The maximum Gasteiger partial charge on any atom is 0.534 e. The number of alkyl halides is 4. The summed E-state index contributed by atoms with van der Waals surface area (Å²) < 4.78 is 80.7. The third kappa shape index (κ3) is 4.82. The lowest BCUT2D eigenvalue weighted by Gasteiger charge is -2.31. The van der Waals surface area contributed by atoms with E-state index >= 15 is 0 Å². The summed E-state index contributed by atoms with van der Waals surface area (Å²) in [5.41, 5.74) is -7.04. The molecule has 0 aromatic heterocycles. The normalized spacial score (nSPS) is 22.4. The SMILES string of the molecule is CCCCOC(=O)C1(CF)CC=C(OS(=O)(=O)C(F)(F)F)CC1. The van der Waals surface area contributed by atoms with Crippen molar-refractivity contribution < 1.29 is 39.7 Å². The molecule has 5 nitrogen and oxygen atoms in total. The van der Waals surface area contributed by atoms with Crippen LogP contribution in [0.25, 0.3) is 0 Å². The Labute approximate surface area is 131 Å². The second kappa shape index (κ2) is 7.50. The van der Waals surface area contributed by atoms with Crippen molar-refractivity contribution in [2.45, 2.75) is 44.5 Å². The highest BCUT2D eigenvalue weighted by molar-refractivity contribution is 7.87. The molecule has 1 atom stereocenters. The number of rotatable bonds is 7. The maximum absolute atomic E-state index is 13.3. The Hall–Kier alpha value is -1.32. The molecule has 0 N–H and O–H groups in total. The van der Waals surface area contributed by atoms with Crippen molar-refractivity contribution in [2.24, 2.45) is 5.41 Å². The van der Waals surface area contributed by atoms with Crippen molar-refractivity contribution in [1.82, 2.24) is 0 Å². The minimum Gasteiger partial charge on any atom is -0.465 e. The van der Waals surface area contributed by atoms with Crippen LogP contribution < -0.4 is 0 Å². The highest BCUT2D eigenvalue weighted by Gasteiger charge is 2.50. The first-order chi connectivity index (χ1) is 10.6. The van der Waals surface area contributed by atoms with Gasteiger partial charge in [-0.1, -0.05) is 13.3 Å². The van der Waals surface area contributed by atoms with Crippen molar-refractivity contribution in [3.8, 4) is 0 Å². The molecule has 0 aliphatic heterocycles. The number of hydrogen-bond acceptors (Lipinski definition) is 5. The zero-order chi connectivity index (χ0) is 17.7. The van der Waals surface area contributed by atoms with Crippen molar-refractivity contribution in [2.75, 3.05) is 13.3 Å². The zero-order valence-corrected chi connectivity index (χ0v) is 13.3. The fourth-order valence-corrected chi connectivity index (χ4v) is 2.49. The average Bonchev–Trinajstić information content (AvgIpc) is 2.47. The van der Waals surface area contributed by atoms with Gasteiger partial charge in [0.2, 0.25) is 0 Å². The van der Waals surface area contributed by atoms with Gasteiger partial charge in [0.15, 0.2) is 0 Å². The van der Waals surface area contributed by atoms with E-state index in [-0.39, 0.29) is 25.9 Å². The van der Waals surface area contributed by atoms with E-state index in [1.807, 2.05) is 6.92 Å². The Bertz CT molecular complexity index is 555. The van der Waals surface area contributed by atoms with E-state index in [0.717, 1.165) is 12.5 Å². The number of halogens is 4. The molecule has 0 bridgehead atoms. The van der Waals surface area contributed by atoms with Gasteiger partial charge >= 0.3 is 21.6 Å². The van der Waals surface area contributed by atoms with Crippen LogP contribution in [0.2, 0.25) is 0 Å². The Morgan fingerprint density at radius 3 is 2.48 bits per heavy atom. The molecule has 134 valence electrons. The highest BCUT2D eigenvalue weighted by Crippen LogP contribution is 2.39. The number of hydrogen-bond donors (Lipinski definition) is 0. The highest BCUT2D eigenvalue weighted by atomic mass is 32.2. The lowest BCUT2D eigenvalue weighted by Crippen LogP contribution is -2.37. The molecule has 0 heterocycles. The Balaban J connectivity index is 2.76. The molecule has 23 heavy (non-hydrogen) atoms. The van der Waals surface area contributed by atoms with E-state index in [1.165, 1.54) is 0 Å². The monoisotopic (exact) mass is 362 g/mol. The molecule has 0 saturated heterocycles. The number of carbonyl (C=O) groups excluding carboxylic acids is 1. The minimum atomic E-state index is -5.76. The van der Waals surface area contributed by atoms with Crippen LogP contribution in [-0.2, 0) is 23.8 Å². The Morgan fingerprint density at radius 2 is 2.04 bits per heavy atom. The lowest BCUT2D eigenvalue weighted by molar-refractivity contribution is -0.158. The number of allylic oxidation sites excluding steroid dienone is 2. The summed E-state index contributed by atoms with van der Waals surface area (Å²) in [7, 11) is -5.76. The van der Waals surface area contributed by atoms with E-state index in [4.69, 9.17) is 4.74 Å². The summed E-state index contributed by atoms with van der Waals surface area (Å²) in [6.45, 7) is 0.965. The third-order valence-corrected chi connectivity index (χ3v) is 4.49. The second-order valence-corrected chi connectivity index (χ2v) is 6.80. The first-order valence-corrected chi connectivity index (χ1v) is 8.42. The van der Waals surface area contributed by atoms with Gasteiger partial charge in [0.05, 0.1) is 6.61 Å². The molecule has 0 fully saturated rings. The minimum absolute atomic E-state index is 0.132. The summed E-state index contributed by atoms with van der Waals surface area (Å²) >= 11 is 0. The number of ether oxygens (including phenoxy) is 1. The molecule has 1 rings (SSSR count). The molecular weight excluding hydrogens is 344 g/mol. The van der Waals surface area contributed by atoms with Crippen LogP contribution in [0.15, 0.2) is 11.8 Å². The van der Waals surface area contributed by atoms with Gasteiger partial charge in [0, 0.05) is 6.42 Å². The van der Waals surface area contributed by atoms with E-state index in [9.17, 15) is 30.8 Å². The summed E-state index contributed by atoms with van der Waals surface area (Å²) in [5.74, 6) is -1.23. The first kappa shape index (κ1) is 19.7. The fraction of sp³-hybridized carbons (Fsp3) is 0.769. The number of carbonyl (C=O) groups is 1. The van der Waals surface area contributed by atoms with Gasteiger partial charge in [0.1, 0.15) is 17.8 Å². The standard InChI is InChI=1S/C13H18F4O5S/c1-2-3-8-21-11(18)12(9-14)6-4-10(5-7-12)22-23(19,20)13(15,16)17/h4H,2-3,5-9H2,1H3. The van der Waals surface area contributed by atoms with Crippen LogP contribution in [-0.4, -0.2) is 33.2 Å². The average molecular weight is 362 g/mol. The van der Waals surface area contributed by atoms with Crippen molar-refractivity contribution in [1.29, 1.82) is 0 Å². The van der Waals surface area contributed by atoms with Crippen molar-refractivity contribution in [3.05, 3.63) is 11.8 Å². The summed E-state index contributed by atoms with van der Waals surface area (Å²) in [6.07, 6.45) is 1.62. The molecule has 0 aromatic carbocycles. The fourth-order valence-electron chi connectivity index (χ4n) is 1.96. The predicted octanol–water partition coefficient (Wildman–Crippen LogP) is 3.22. The molecule has 0 saturated carbocycles. The van der Waals surface area contributed by atoms with Crippen LogP contribution in [0.5, 0.6) is 0 Å². The second-order valence-electron chi connectivity index (χ2n) is 5.26. The topological polar surface area (TPSA) is 69.7 Å². The van der Waals surface area contributed by atoms with Gasteiger partial charge in [-0.15, -0.1) is 0 Å². The molecule has 0 spiro atoms. The first-order valence-electron chi connectivity index (χ1n) is 7.01. The van der Waals surface area contributed by atoms with Gasteiger partial charge in [-0.3, -0.25) is 4.79 Å². The van der Waals surface area contributed by atoms with Gasteiger partial charge in [-0.2, -0.15) is 21.6 Å². The van der Waals surface area contributed by atoms with Gasteiger partial charge in [0.25, 0.3) is 0 Å². The van der Waals surface area contributed by atoms with Crippen LogP contribution >= 0.6 is 0 Å². The van der Waals surface area contributed by atoms with E-state index in [2.05, 4.69) is 4.18 Å². The molecule has 0 aromatic rings. The van der Waals surface area contributed by atoms with E-state index in [1.54, 1.807) is 0 Å². The third-order valence-electron chi connectivity index (χ3n) is 3.49. The van der Waals surface area contributed by atoms with Crippen LogP contribution in [0.4, 0.5) is 17.6 Å². The van der Waals surface area contributed by atoms with Gasteiger partial charge in [-0.25, -0.2) is 4.39 Å². The summed E-state index contributed by atoms with van der Waals surface area (Å²) in [5, 5.41) is 0. The van der Waals surface area contributed by atoms with Gasteiger partial charge < -0.3 is 8.92 Å². The smallest absolute Gasteiger partial charge is 0.465 e. The molecule has 0 radical (unpaired) electrons. The number of esters is 1. The molecule has 1 aliphatic carbocycles. The number of unbranched alkanes of at least 4 members (excludes halogenated alkanes) is 1.